The second kappa shape index (κ2) is 8.21. The number of methoxy groups -OCH3 is 1. The predicted octanol–water partition coefficient (Wildman–Crippen LogP) is 2.17. The molecular formula is C14H20N2O5S. The highest BCUT2D eigenvalue weighted by atomic mass is 32.1. The van der Waals surface area contributed by atoms with Crippen LogP contribution in [0.4, 0.5) is 5.00 Å². The summed E-state index contributed by atoms with van der Waals surface area (Å²) < 4.78 is 10.4. The first-order chi connectivity index (χ1) is 10.6. The van der Waals surface area contributed by atoms with E-state index in [0.29, 0.717) is 43.7 Å². The molecule has 0 spiro atoms. The van der Waals surface area contributed by atoms with Crippen LogP contribution in [-0.4, -0.2) is 55.8 Å². The van der Waals surface area contributed by atoms with E-state index in [-0.39, 0.29) is 10.9 Å². The van der Waals surface area contributed by atoms with E-state index in [4.69, 9.17) is 9.47 Å². The first-order valence-electron chi connectivity index (χ1n) is 7.22. The summed E-state index contributed by atoms with van der Waals surface area (Å²) in [5.74, 6) is 0.343. The molecule has 0 bridgehead atoms. The maximum Gasteiger partial charge on any atom is 0.324 e. The molecule has 122 valence electrons. The van der Waals surface area contributed by atoms with Gasteiger partial charge in [-0.25, -0.2) is 0 Å². The van der Waals surface area contributed by atoms with Crippen LogP contribution in [0.3, 0.4) is 0 Å². The van der Waals surface area contributed by atoms with Crippen LogP contribution in [0.2, 0.25) is 0 Å². The van der Waals surface area contributed by atoms with Crippen molar-refractivity contribution < 1.29 is 19.2 Å². The first kappa shape index (κ1) is 16.9. The Hall–Kier alpha value is -1.51. The van der Waals surface area contributed by atoms with Gasteiger partial charge >= 0.3 is 5.00 Å². The summed E-state index contributed by atoms with van der Waals surface area (Å²) in [5, 5.41) is 10.7. The lowest BCUT2D eigenvalue weighted by Gasteiger charge is -2.31. The number of nitrogens with zero attached hydrogens (tertiary/aromatic N) is 2. The summed E-state index contributed by atoms with van der Waals surface area (Å²) in [4.78, 5) is 24.7. The highest BCUT2D eigenvalue weighted by Crippen LogP contribution is 2.27. The number of carbonyl (C=O) groups excluding carboxylic acids is 1. The van der Waals surface area contributed by atoms with Gasteiger partial charge in [0.2, 0.25) is 0 Å². The first-order valence-corrected chi connectivity index (χ1v) is 8.03. The van der Waals surface area contributed by atoms with E-state index in [0.717, 1.165) is 24.2 Å². The van der Waals surface area contributed by atoms with Crippen LogP contribution in [0, 0.1) is 16.0 Å². The molecule has 1 aromatic heterocycles. The van der Waals surface area contributed by atoms with Gasteiger partial charge in [0.1, 0.15) is 0 Å². The van der Waals surface area contributed by atoms with E-state index in [9.17, 15) is 14.9 Å². The van der Waals surface area contributed by atoms with Gasteiger partial charge in [-0.2, -0.15) is 0 Å². The summed E-state index contributed by atoms with van der Waals surface area (Å²) in [5.41, 5.74) is 0. The molecule has 1 amide bonds. The fourth-order valence-electron chi connectivity index (χ4n) is 2.39. The van der Waals surface area contributed by atoms with E-state index in [2.05, 4.69) is 0 Å². The highest BCUT2D eigenvalue weighted by Gasteiger charge is 2.25. The molecule has 8 heteroatoms. The number of carbonyl (C=O) groups is 1. The summed E-state index contributed by atoms with van der Waals surface area (Å²) in [6, 6.07) is 2.92. The minimum absolute atomic E-state index is 0.00443. The minimum Gasteiger partial charge on any atom is -0.382 e. The van der Waals surface area contributed by atoms with Gasteiger partial charge in [0, 0.05) is 32.9 Å². The van der Waals surface area contributed by atoms with Crippen molar-refractivity contribution in [1.29, 1.82) is 0 Å². The summed E-state index contributed by atoms with van der Waals surface area (Å²) in [6.45, 7) is 3.21. The second-order valence-electron chi connectivity index (χ2n) is 5.20. The van der Waals surface area contributed by atoms with Crippen LogP contribution in [0.1, 0.15) is 22.5 Å². The largest absolute Gasteiger partial charge is 0.382 e. The summed E-state index contributed by atoms with van der Waals surface area (Å²) >= 11 is 0.934. The lowest BCUT2D eigenvalue weighted by atomic mass is 9.98. The lowest BCUT2D eigenvalue weighted by molar-refractivity contribution is -0.380. The smallest absolute Gasteiger partial charge is 0.324 e. The fraction of sp³-hybridized carbons (Fsp3) is 0.643. The van der Waals surface area contributed by atoms with Gasteiger partial charge in [0.05, 0.1) is 23.0 Å². The van der Waals surface area contributed by atoms with Gasteiger partial charge in [-0.05, 0) is 24.8 Å². The number of piperidine rings is 1. The molecule has 1 fully saturated rings. The maximum atomic E-state index is 12.3. The number of thiophene rings is 1. The van der Waals surface area contributed by atoms with Crippen molar-refractivity contribution in [2.45, 2.75) is 12.8 Å². The monoisotopic (exact) mass is 328 g/mol. The zero-order valence-corrected chi connectivity index (χ0v) is 13.3. The number of hydrogen-bond donors (Lipinski definition) is 0. The molecule has 22 heavy (non-hydrogen) atoms. The number of hydrogen-bond acceptors (Lipinski definition) is 6. The van der Waals surface area contributed by atoms with Crippen molar-refractivity contribution in [3.05, 3.63) is 27.1 Å². The van der Waals surface area contributed by atoms with Crippen LogP contribution >= 0.6 is 11.3 Å². The Kier molecular flexibility index (Phi) is 6.29. The Morgan fingerprint density at radius 3 is 2.73 bits per heavy atom. The summed E-state index contributed by atoms with van der Waals surface area (Å²) in [7, 11) is 1.64. The molecule has 0 unspecified atom stereocenters. The Bertz CT molecular complexity index is 511. The molecule has 0 aliphatic carbocycles. The van der Waals surface area contributed by atoms with E-state index in [1.807, 2.05) is 0 Å². The van der Waals surface area contributed by atoms with Gasteiger partial charge in [0.15, 0.2) is 0 Å². The zero-order valence-electron chi connectivity index (χ0n) is 12.5. The quantitative estimate of drug-likeness (QED) is 0.435. The molecule has 1 saturated heterocycles. The number of amides is 1. The zero-order chi connectivity index (χ0) is 15.9. The molecular weight excluding hydrogens is 308 g/mol. The number of nitro groups is 1. The van der Waals surface area contributed by atoms with Crippen LogP contribution < -0.4 is 0 Å². The molecule has 0 radical (unpaired) electrons. The molecule has 7 nitrogen and oxygen atoms in total. The van der Waals surface area contributed by atoms with Crippen molar-refractivity contribution in [3.8, 4) is 0 Å². The Balaban J connectivity index is 1.78. The molecule has 0 saturated carbocycles. The third-order valence-electron chi connectivity index (χ3n) is 3.67. The highest BCUT2D eigenvalue weighted by molar-refractivity contribution is 7.17. The van der Waals surface area contributed by atoms with Gasteiger partial charge in [0.25, 0.3) is 5.91 Å². The minimum atomic E-state index is -0.467. The molecule has 1 aromatic rings. The molecule has 1 aliphatic rings. The predicted molar refractivity (Wildman–Crippen MR) is 82.3 cm³/mol. The fourth-order valence-corrected chi connectivity index (χ4v) is 3.18. The molecule has 2 heterocycles. The van der Waals surface area contributed by atoms with Crippen molar-refractivity contribution in [3.63, 3.8) is 0 Å². The molecule has 0 N–H and O–H groups in total. The Morgan fingerprint density at radius 2 is 2.14 bits per heavy atom. The molecule has 2 rings (SSSR count). The number of rotatable bonds is 7. The SMILES string of the molecule is COCCOCC1CCN(C(=O)c2ccc([N+](=O)[O-])s2)CC1. The standard InChI is InChI=1S/C14H20N2O5S/c1-20-8-9-21-10-11-4-6-15(7-5-11)14(17)12-2-3-13(22-12)16(18)19/h2-3,11H,4-10H2,1H3. The van der Waals surface area contributed by atoms with Gasteiger partial charge in [-0.3, -0.25) is 14.9 Å². The van der Waals surface area contributed by atoms with Crippen molar-refractivity contribution >= 4 is 22.2 Å². The topological polar surface area (TPSA) is 81.9 Å². The van der Waals surface area contributed by atoms with Crippen LogP contribution in [0.5, 0.6) is 0 Å². The van der Waals surface area contributed by atoms with Gasteiger partial charge < -0.3 is 14.4 Å². The van der Waals surface area contributed by atoms with Crippen LogP contribution in [0.15, 0.2) is 12.1 Å². The van der Waals surface area contributed by atoms with E-state index < -0.39 is 4.92 Å². The van der Waals surface area contributed by atoms with Gasteiger partial charge in [-0.15, -0.1) is 0 Å². The summed E-state index contributed by atoms with van der Waals surface area (Å²) in [6.07, 6.45) is 1.79. The number of ether oxygens (including phenoxy) is 2. The normalized spacial score (nSPS) is 16.0. The second-order valence-corrected chi connectivity index (χ2v) is 6.26. The average molecular weight is 328 g/mol. The average Bonchev–Trinajstić information content (AvgIpc) is 3.02. The van der Waals surface area contributed by atoms with Crippen molar-refractivity contribution in [2.24, 2.45) is 5.92 Å². The van der Waals surface area contributed by atoms with Crippen molar-refractivity contribution in [1.82, 2.24) is 4.90 Å². The van der Waals surface area contributed by atoms with Crippen molar-refractivity contribution in [2.75, 3.05) is 40.0 Å². The van der Waals surface area contributed by atoms with Crippen LogP contribution in [-0.2, 0) is 9.47 Å². The van der Waals surface area contributed by atoms with Gasteiger partial charge in [-0.1, -0.05) is 11.3 Å². The van der Waals surface area contributed by atoms with E-state index in [1.165, 1.54) is 12.1 Å². The maximum absolute atomic E-state index is 12.3. The molecule has 0 aromatic carbocycles. The third kappa shape index (κ3) is 4.49. The number of likely N-dealkylation sites (tertiary alicyclic amines) is 1. The lowest BCUT2D eigenvalue weighted by Crippen LogP contribution is -2.39. The van der Waals surface area contributed by atoms with E-state index in [1.54, 1.807) is 12.0 Å². The van der Waals surface area contributed by atoms with Crippen LogP contribution in [0.25, 0.3) is 0 Å². The Morgan fingerprint density at radius 1 is 1.41 bits per heavy atom. The molecule has 0 atom stereocenters. The van der Waals surface area contributed by atoms with E-state index >= 15 is 0 Å². The molecule has 1 aliphatic heterocycles. The third-order valence-corrected chi connectivity index (χ3v) is 4.69. The Labute approximate surface area is 133 Å².